The Labute approximate surface area is 79.2 Å². The number of nitrogens with zero attached hydrogens (tertiary/aromatic N) is 1. The molecule has 0 aliphatic heterocycles. The molecule has 0 bridgehead atoms. The van der Waals surface area contributed by atoms with E-state index < -0.39 is 0 Å². The molecule has 0 radical (unpaired) electrons. The highest BCUT2D eigenvalue weighted by atomic mass is 32.1. The van der Waals surface area contributed by atoms with Crippen molar-refractivity contribution in [2.24, 2.45) is 0 Å². The molecule has 0 aliphatic rings. The summed E-state index contributed by atoms with van der Waals surface area (Å²) in [4.78, 5) is 5.63. The molecule has 0 N–H and O–H groups in total. The van der Waals surface area contributed by atoms with Gasteiger partial charge in [0.2, 0.25) is 0 Å². The predicted molar refractivity (Wildman–Crippen MR) is 57.6 cm³/mol. The van der Waals surface area contributed by atoms with Crippen molar-refractivity contribution in [1.29, 1.82) is 0 Å². The predicted octanol–water partition coefficient (Wildman–Crippen LogP) is 3.82. The highest BCUT2D eigenvalue weighted by Gasteiger charge is 1.98. The Bertz CT molecular complexity index is 248. The molecule has 0 saturated heterocycles. The zero-order valence-corrected chi connectivity index (χ0v) is 9.33. The Morgan fingerprint density at radius 3 is 2.17 bits per heavy atom. The van der Waals surface area contributed by atoms with Crippen molar-refractivity contribution < 1.29 is 0 Å². The van der Waals surface area contributed by atoms with Crippen LogP contribution in [-0.4, -0.2) is 4.98 Å². The summed E-state index contributed by atoms with van der Waals surface area (Å²) >= 11 is 1.75. The first kappa shape index (κ1) is 11.4. The van der Waals surface area contributed by atoms with Gasteiger partial charge in [0.05, 0.1) is 10.7 Å². The van der Waals surface area contributed by atoms with Gasteiger partial charge in [0.15, 0.2) is 0 Å². The van der Waals surface area contributed by atoms with Gasteiger partial charge in [0.1, 0.15) is 0 Å². The van der Waals surface area contributed by atoms with Gasteiger partial charge in [-0.15, -0.1) is 11.3 Å². The fourth-order valence-corrected chi connectivity index (χ4v) is 1.66. The molecule has 0 aliphatic carbocycles. The number of allylic oxidation sites excluding steroid dienone is 1. The molecule has 1 aromatic rings. The zero-order valence-electron chi connectivity index (χ0n) is 8.51. The van der Waals surface area contributed by atoms with E-state index in [4.69, 9.17) is 0 Å². The number of rotatable bonds is 1. The monoisotopic (exact) mass is 183 g/mol. The third-order valence-corrected chi connectivity index (χ3v) is 2.17. The van der Waals surface area contributed by atoms with Crippen LogP contribution in [0.2, 0.25) is 0 Å². The van der Waals surface area contributed by atoms with Crippen LogP contribution in [0.5, 0.6) is 0 Å². The summed E-state index contributed by atoms with van der Waals surface area (Å²) in [6, 6.07) is 0. The van der Waals surface area contributed by atoms with Crippen LogP contribution in [0, 0.1) is 13.8 Å². The standard InChI is InChI=1S/C8H11NS.C2H6/c1-4-5-8-6(2)10-7(3)9-8;1-2/h4-5H,1-3H3;1-2H3/b5-4-;. The van der Waals surface area contributed by atoms with Gasteiger partial charge in [-0.3, -0.25) is 0 Å². The first-order valence-corrected chi connectivity index (χ1v) is 5.12. The van der Waals surface area contributed by atoms with Crippen LogP contribution in [0.4, 0.5) is 0 Å². The Morgan fingerprint density at radius 2 is 1.83 bits per heavy atom. The second kappa shape index (κ2) is 5.95. The molecule has 0 unspecified atom stereocenters. The molecule has 0 saturated carbocycles. The van der Waals surface area contributed by atoms with E-state index in [-0.39, 0.29) is 0 Å². The molecule has 0 atom stereocenters. The lowest BCUT2D eigenvalue weighted by atomic mass is 10.3. The molecule has 1 aromatic heterocycles. The summed E-state index contributed by atoms with van der Waals surface area (Å²) in [6.45, 7) is 10.1. The van der Waals surface area contributed by atoms with Crippen molar-refractivity contribution in [2.45, 2.75) is 34.6 Å². The minimum atomic E-state index is 1.12. The SMILES string of the molecule is C/C=C\c1nc(C)sc1C.CC. The molecule has 1 rings (SSSR count). The van der Waals surface area contributed by atoms with Crippen LogP contribution < -0.4 is 0 Å². The quantitative estimate of drug-likeness (QED) is 0.645. The van der Waals surface area contributed by atoms with Gasteiger partial charge in [-0.2, -0.15) is 0 Å². The van der Waals surface area contributed by atoms with E-state index in [0.717, 1.165) is 10.7 Å². The maximum absolute atomic E-state index is 4.33. The number of hydrogen-bond acceptors (Lipinski definition) is 2. The van der Waals surface area contributed by atoms with E-state index >= 15 is 0 Å². The lowest BCUT2D eigenvalue weighted by molar-refractivity contribution is 1.26. The van der Waals surface area contributed by atoms with Crippen LogP contribution in [-0.2, 0) is 0 Å². The summed E-state index contributed by atoms with van der Waals surface area (Å²) in [5.41, 5.74) is 1.12. The topological polar surface area (TPSA) is 12.9 Å². The molecule has 0 amide bonds. The average Bonchev–Trinajstić information content (AvgIpc) is 2.35. The Kier molecular flexibility index (Phi) is 5.64. The number of aryl methyl sites for hydroxylation is 2. The maximum atomic E-state index is 4.33. The lowest BCUT2D eigenvalue weighted by Gasteiger charge is -1.82. The van der Waals surface area contributed by atoms with E-state index in [1.165, 1.54) is 4.88 Å². The number of thiazole rings is 1. The molecule has 0 aromatic carbocycles. The molecular weight excluding hydrogens is 166 g/mol. The summed E-state index contributed by atoms with van der Waals surface area (Å²) < 4.78 is 0. The second-order valence-corrected chi connectivity index (χ2v) is 3.58. The first-order valence-electron chi connectivity index (χ1n) is 4.30. The number of aromatic nitrogens is 1. The minimum Gasteiger partial charge on any atom is -0.242 e. The van der Waals surface area contributed by atoms with Gasteiger partial charge in [0.25, 0.3) is 0 Å². The smallest absolute Gasteiger partial charge is 0.0904 e. The Hall–Kier alpha value is -0.630. The summed E-state index contributed by atoms with van der Waals surface area (Å²) in [5.74, 6) is 0. The zero-order chi connectivity index (χ0) is 9.56. The fraction of sp³-hybridized carbons (Fsp3) is 0.500. The summed E-state index contributed by atoms with van der Waals surface area (Å²) in [5, 5.41) is 1.14. The summed E-state index contributed by atoms with van der Waals surface area (Å²) in [6.07, 6.45) is 4.06. The highest BCUT2D eigenvalue weighted by Crippen LogP contribution is 2.17. The van der Waals surface area contributed by atoms with Gasteiger partial charge in [-0.05, 0) is 26.8 Å². The molecule has 12 heavy (non-hydrogen) atoms. The fourth-order valence-electron chi connectivity index (χ4n) is 0.858. The molecule has 1 heterocycles. The van der Waals surface area contributed by atoms with Crippen molar-refractivity contribution in [3.8, 4) is 0 Å². The Balaban J connectivity index is 0.000000561. The van der Waals surface area contributed by atoms with Crippen LogP contribution in [0.15, 0.2) is 6.08 Å². The van der Waals surface area contributed by atoms with Crippen molar-refractivity contribution in [3.05, 3.63) is 21.7 Å². The molecule has 2 heteroatoms. The van der Waals surface area contributed by atoms with Crippen molar-refractivity contribution in [2.75, 3.05) is 0 Å². The third kappa shape index (κ3) is 3.18. The average molecular weight is 183 g/mol. The van der Waals surface area contributed by atoms with E-state index in [0.29, 0.717) is 0 Å². The van der Waals surface area contributed by atoms with Crippen molar-refractivity contribution >= 4 is 17.4 Å². The molecular formula is C10H17NS. The van der Waals surface area contributed by atoms with Crippen LogP contribution >= 0.6 is 11.3 Å². The summed E-state index contributed by atoms with van der Waals surface area (Å²) in [7, 11) is 0. The van der Waals surface area contributed by atoms with Crippen molar-refractivity contribution in [1.82, 2.24) is 4.98 Å². The van der Waals surface area contributed by atoms with E-state index in [1.54, 1.807) is 11.3 Å². The minimum absolute atomic E-state index is 1.12. The van der Waals surface area contributed by atoms with Gasteiger partial charge >= 0.3 is 0 Å². The van der Waals surface area contributed by atoms with E-state index in [1.807, 2.05) is 39.8 Å². The molecule has 0 fully saturated rings. The molecule has 0 spiro atoms. The van der Waals surface area contributed by atoms with Crippen LogP contribution in [0.3, 0.4) is 0 Å². The Morgan fingerprint density at radius 1 is 1.25 bits per heavy atom. The largest absolute Gasteiger partial charge is 0.242 e. The third-order valence-electron chi connectivity index (χ3n) is 1.26. The van der Waals surface area contributed by atoms with Crippen molar-refractivity contribution in [3.63, 3.8) is 0 Å². The highest BCUT2D eigenvalue weighted by molar-refractivity contribution is 7.11. The molecule has 1 nitrogen and oxygen atoms in total. The maximum Gasteiger partial charge on any atom is 0.0904 e. The normalized spacial score (nSPS) is 9.75. The second-order valence-electron chi connectivity index (χ2n) is 2.17. The van der Waals surface area contributed by atoms with Crippen LogP contribution in [0.1, 0.15) is 36.3 Å². The molecule has 68 valence electrons. The van der Waals surface area contributed by atoms with E-state index in [9.17, 15) is 0 Å². The van der Waals surface area contributed by atoms with E-state index in [2.05, 4.69) is 11.9 Å². The van der Waals surface area contributed by atoms with Gasteiger partial charge in [0, 0.05) is 4.88 Å². The van der Waals surface area contributed by atoms with Gasteiger partial charge < -0.3 is 0 Å². The first-order chi connectivity index (χ1) is 5.74. The van der Waals surface area contributed by atoms with Crippen LogP contribution in [0.25, 0.3) is 6.08 Å². The number of hydrogen-bond donors (Lipinski definition) is 0. The lowest BCUT2D eigenvalue weighted by Crippen LogP contribution is -1.73. The van der Waals surface area contributed by atoms with Gasteiger partial charge in [-0.1, -0.05) is 19.9 Å². The van der Waals surface area contributed by atoms with Gasteiger partial charge in [-0.25, -0.2) is 4.98 Å².